The van der Waals surface area contributed by atoms with E-state index in [-0.39, 0.29) is 11.7 Å². The molecule has 0 bridgehead atoms. The lowest BCUT2D eigenvalue weighted by molar-refractivity contribution is 0.0938. The van der Waals surface area contributed by atoms with Crippen LogP contribution in [0.3, 0.4) is 0 Å². The zero-order valence-corrected chi connectivity index (χ0v) is 24.3. The lowest BCUT2D eigenvalue weighted by atomic mass is 10.0. The van der Waals surface area contributed by atoms with Gasteiger partial charge in [0.1, 0.15) is 5.82 Å². The van der Waals surface area contributed by atoms with E-state index in [9.17, 15) is 9.18 Å². The molecule has 4 rings (SSSR count). The summed E-state index contributed by atoms with van der Waals surface area (Å²) in [5.74, 6) is 0.599. The SMILES string of the molecule is CCCCCCc1ccc(C(=O)NC(C)c2nnc(SCc3ccc(F)cc3)n2-c2ccc(Cl)cc2Cl)cc1. The minimum atomic E-state index is -0.467. The molecule has 0 aliphatic carbocycles. The molecule has 1 unspecified atom stereocenters. The van der Waals surface area contributed by atoms with Crippen LogP contribution in [0, 0.1) is 5.82 Å². The maximum atomic E-state index is 13.3. The summed E-state index contributed by atoms with van der Waals surface area (Å²) >= 11 is 14.2. The highest BCUT2D eigenvalue weighted by Crippen LogP contribution is 2.32. The molecule has 1 amide bonds. The van der Waals surface area contributed by atoms with Crippen LogP contribution in [0.25, 0.3) is 5.69 Å². The fraction of sp³-hybridized carbons (Fsp3) is 0.300. The number of aromatic nitrogens is 3. The van der Waals surface area contributed by atoms with Gasteiger partial charge in [-0.05, 0) is 73.4 Å². The summed E-state index contributed by atoms with van der Waals surface area (Å²) < 4.78 is 15.2. The third kappa shape index (κ3) is 7.84. The van der Waals surface area contributed by atoms with Gasteiger partial charge in [0, 0.05) is 16.3 Å². The summed E-state index contributed by atoms with van der Waals surface area (Å²) in [7, 11) is 0. The molecule has 1 atom stereocenters. The molecule has 0 saturated heterocycles. The summed E-state index contributed by atoms with van der Waals surface area (Å²) in [4.78, 5) is 13.1. The molecule has 204 valence electrons. The number of aryl methyl sites for hydroxylation is 1. The molecule has 1 N–H and O–H groups in total. The van der Waals surface area contributed by atoms with Crippen LogP contribution in [0.1, 0.15) is 72.9 Å². The van der Waals surface area contributed by atoms with Crippen molar-refractivity contribution in [1.82, 2.24) is 20.1 Å². The monoisotopic (exact) mass is 584 g/mol. The molecule has 1 aromatic heterocycles. The van der Waals surface area contributed by atoms with Gasteiger partial charge in [-0.25, -0.2) is 4.39 Å². The van der Waals surface area contributed by atoms with Gasteiger partial charge in [0.25, 0.3) is 5.91 Å². The molecule has 4 aromatic rings. The van der Waals surface area contributed by atoms with Crippen LogP contribution in [0.4, 0.5) is 4.39 Å². The predicted octanol–water partition coefficient (Wildman–Crippen LogP) is 8.62. The summed E-state index contributed by atoms with van der Waals surface area (Å²) in [6.07, 6.45) is 5.85. The van der Waals surface area contributed by atoms with E-state index in [0.29, 0.717) is 38.0 Å². The van der Waals surface area contributed by atoms with Gasteiger partial charge >= 0.3 is 0 Å². The van der Waals surface area contributed by atoms with Gasteiger partial charge in [-0.2, -0.15) is 0 Å². The fourth-order valence-corrected chi connectivity index (χ4v) is 5.60. The average molecular weight is 586 g/mol. The quantitative estimate of drug-likeness (QED) is 0.134. The second kappa shape index (κ2) is 14.0. The summed E-state index contributed by atoms with van der Waals surface area (Å²) in [5.41, 5.74) is 3.40. The number of hydrogen-bond acceptors (Lipinski definition) is 4. The van der Waals surface area contributed by atoms with Gasteiger partial charge < -0.3 is 5.32 Å². The number of carbonyl (C=O) groups excluding carboxylic acids is 1. The number of thioether (sulfide) groups is 1. The second-order valence-electron chi connectivity index (χ2n) is 9.39. The van der Waals surface area contributed by atoms with E-state index < -0.39 is 6.04 Å². The van der Waals surface area contributed by atoms with Crippen LogP contribution in [0.2, 0.25) is 10.0 Å². The highest BCUT2D eigenvalue weighted by molar-refractivity contribution is 7.98. The molecule has 5 nitrogen and oxygen atoms in total. The number of carbonyl (C=O) groups is 1. The first-order valence-electron chi connectivity index (χ1n) is 13.0. The van der Waals surface area contributed by atoms with Crippen LogP contribution >= 0.6 is 35.0 Å². The Kier molecular flexibility index (Phi) is 10.4. The predicted molar refractivity (Wildman–Crippen MR) is 158 cm³/mol. The molecule has 0 radical (unpaired) electrons. The van der Waals surface area contributed by atoms with Crippen LogP contribution in [-0.2, 0) is 12.2 Å². The molecule has 9 heteroatoms. The largest absolute Gasteiger partial charge is 0.342 e. The van der Waals surface area contributed by atoms with Gasteiger partial charge in [-0.3, -0.25) is 9.36 Å². The third-order valence-corrected chi connectivity index (χ3v) is 7.90. The number of benzene rings is 3. The van der Waals surface area contributed by atoms with Crippen LogP contribution in [-0.4, -0.2) is 20.7 Å². The Morgan fingerprint density at radius 2 is 1.69 bits per heavy atom. The minimum Gasteiger partial charge on any atom is -0.342 e. The Bertz CT molecular complexity index is 1390. The van der Waals surface area contributed by atoms with Gasteiger partial charge in [-0.15, -0.1) is 10.2 Å². The van der Waals surface area contributed by atoms with Crippen molar-refractivity contribution < 1.29 is 9.18 Å². The minimum absolute atomic E-state index is 0.197. The van der Waals surface area contributed by atoms with E-state index in [4.69, 9.17) is 23.2 Å². The van der Waals surface area contributed by atoms with E-state index in [1.807, 2.05) is 35.8 Å². The molecule has 0 fully saturated rings. The first-order chi connectivity index (χ1) is 18.9. The maximum absolute atomic E-state index is 13.3. The topological polar surface area (TPSA) is 59.8 Å². The second-order valence-corrected chi connectivity index (χ2v) is 11.2. The summed E-state index contributed by atoms with van der Waals surface area (Å²) in [5, 5.41) is 13.4. The number of nitrogens with zero attached hydrogens (tertiary/aromatic N) is 3. The number of unbranched alkanes of at least 4 members (excludes halogenated alkanes) is 3. The van der Waals surface area contributed by atoms with E-state index in [1.165, 1.54) is 48.7 Å². The molecule has 1 heterocycles. The van der Waals surface area contributed by atoms with Crippen molar-refractivity contribution in [2.24, 2.45) is 0 Å². The first kappa shape index (κ1) is 29.1. The lowest BCUT2D eigenvalue weighted by Gasteiger charge is -2.17. The van der Waals surface area contributed by atoms with Crippen LogP contribution < -0.4 is 5.32 Å². The molecule has 39 heavy (non-hydrogen) atoms. The van der Waals surface area contributed by atoms with Crippen LogP contribution in [0.5, 0.6) is 0 Å². The van der Waals surface area contributed by atoms with Gasteiger partial charge in [0.05, 0.1) is 16.8 Å². The Morgan fingerprint density at radius 1 is 0.974 bits per heavy atom. The molecule has 0 spiro atoms. The van der Waals surface area contributed by atoms with Crippen molar-refractivity contribution >= 4 is 40.9 Å². The van der Waals surface area contributed by atoms with E-state index in [1.54, 1.807) is 30.3 Å². The van der Waals surface area contributed by atoms with E-state index in [0.717, 1.165) is 18.4 Å². The number of nitrogens with one attached hydrogen (secondary N) is 1. The smallest absolute Gasteiger partial charge is 0.251 e. The van der Waals surface area contributed by atoms with Crippen molar-refractivity contribution in [1.29, 1.82) is 0 Å². The third-order valence-electron chi connectivity index (χ3n) is 6.36. The van der Waals surface area contributed by atoms with Crippen molar-refractivity contribution in [2.75, 3.05) is 0 Å². The highest BCUT2D eigenvalue weighted by Gasteiger charge is 2.23. The van der Waals surface area contributed by atoms with Crippen molar-refractivity contribution in [3.05, 3.63) is 105 Å². The number of amides is 1. The van der Waals surface area contributed by atoms with Gasteiger partial charge in [-0.1, -0.05) is 85.4 Å². The zero-order chi connectivity index (χ0) is 27.8. The van der Waals surface area contributed by atoms with E-state index in [2.05, 4.69) is 22.4 Å². The Balaban J connectivity index is 1.53. The molecule has 0 saturated carbocycles. The number of rotatable bonds is 12. The molecular formula is C30H31Cl2FN4OS. The van der Waals surface area contributed by atoms with Crippen molar-refractivity contribution in [3.63, 3.8) is 0 Å². The Labute approximate surface area is 243 Å². The molecule has 0 aliphatic rings. The summed E-state index contributed by atoms with van der Waals surface area (Å²) in [6, 6.07) is 18.8. The Hall–Kier alpha value is -2.87. The normalized spacial score (nSPS) is 11.9. The maximum Gasteiger partial charge on any atom is 0.251 e. The average Bonchev–Trinajstić information content (AvgIpc) is 3.35. The van der Waals surface area contributed by atoms with Crippen molar-refractivity contribution in [3.8, 4) is 5.69 Å². The van der Waals surface area contributed by atoms with Gasteiger partial charge in [0.2, 0.25) is 0 Å². The van der Waals surface area contributed by atoms with Gasteiger partial charge in [0.15, 0.2) is 11.0 Å². The lowest BCUT2D eigenvalue weighted by Crippen LogP contribution is -2.28. The standard InChI is InChI=1S/C30H31Cl2FN4OS/c1-3-4-5-6-7-21-8-12-23(13-9-21)29(38)34-20(2)28-35-36-30(39-19-22-10-15-25(33)16-11-22)37(28)27-17-14-24(31)18-26(27)32/h8-18,20H,3-7,19H2,1-2H3,(H,34,38). The fourth-order valence-electron chi connectivity index (χ4n) is 4.20. The van der Waals surface area contributed by atoms with Crippen molar-refractivity contribution in [2.45, 2.75) is 62.9 Å². The van der Waals surface area contributed by atoms with Crippen LogP contribution in [0.15, 0.2) is 71.9 Å². The Morgan fingerprint density at radius 3 is 2.38 bits per heavy atom. The summed E-state index contributed by atoms with van der Waals surface area (Å²) in [6.45, 7) is 4.06. The first-order valence-corrected chi connectivity index (χ1v) is 14.8. The zero-order valence-electron chi connectivity index (χ0n) is 22.0. The molecule has 3 aromatic carbocycles. The molecule has 0 aliphatic heterocycles. The molecular weight excluding hydrogens is 554 g/mol. The number of hydrogen-bond donors (Lipinski definition) is 1. The van der Waals surface area contributed by atoms with E-state index >= 15 is 0 Å². The highest BCUT2D eigenvalue weighted by atomic mass is 35.5. The number of halogens is 3.